The number of pyridine rings is 1. The number of thioether (sulfide) groups is 1. The molecule has 0 bridgehead atoms. The first-order valence-corrected chi connectivity index (χ1v) is 9.58. The number of hydrogen-bond acceptors (Lipinski definition) is 6. The fourth-order valence-corrected chi connectivity index (χ4v) is 4.22. The van der Waals surface area contributed by atoms with Gasteiger partial charge >= 0.3 is 0 Å². The molecular weight excluding hydrogens is 351 g/mol. The van der Waals surface area contributed by atoms with Crippen LogP contribution in [0.2, 0.25) is 5.15 Å². The van der Waals surface area contributed by atoms with Gasteiger partial charge in [-0.15, -0.1) is 0 Å². The first-order valence-electron chi connectivity index (χ1n) is 8.21. The summed E-state index contributed by atoms with van der Waals surface area (Å²) in [7, 11) is 0. The van der Waals surface area contributed by atoms with Crippen LogP contribution in [0.25, 0.3) is 10.9 Å². The van der Waals surface area contributed by atoms with E-state index in [0.29, 0.717) is 23.2 Å². The minimum absolute atomic E-state index is 0.102. The number of rotatable bonds is 2. The molecule has 0 saturated carbocycles. The van der Waals surface area contributed by atoms with Crippen molar-refractivity contribution in [3.05, 3.63) is 16.7 Å². The van der Waals surface area contributed by atoms with Crippen molar-refractivity contribution in [3.63, 3.8) is 0 Å². The summed E-state index contributed by atoms with van der Waals surface area (Å²) in [5, 5.41) is 1.19. The smallest absolute Gasteiger partial charge is 0.190 e. The van der Waals surface area contributed by atoms with E-state index in [4.69, 9.17) is 21.3 Å². The number of anilines is 1. The lowest BCUT2D eigenvalue weighted by atomic mass is 10.1. The molecule has 0 aromatic carbocycles. The Labute approximate surface area is 149 Å². The Hall–Kier alpha value is -1.18. The molecule has 24 heavy (non-hydrogen) atoms. The topological polar surface area (TPSA) is 51.1 Å². The fourth-order valence-electron chi connectivity index (χ4n) is 3.46. The summed E-state index contributed by atoms with van der Waals surface area (Å²) in [6, 6.07) is 0.320. The van der Waals surface area contributed by atoms with Crippen LogP contribution in [0, 0.1) is 5.82 Å². The maximum atomic E-state index is 14.6. The molecule has 5 nitrogen and oxygen atoms in total. The van der Waals surface area contributed by atoms with Crippen LogP contribution in [-0.4, -0.2) is 46.5 Å². The molecule has 1 unspecified atom stereocenters. The van der Waals surface area contributed by atoms with Gasteiger partial charge in [0.05, 0.1) is 17.7 Å². The lowest BCUT2D eigenvalue weighted by Gasteiger charge is -2.29. The van der Waals surface area contributed by atoms with Crippen LogP contribution >= 0.6 is 23.4 Å². The van der Waals surface area contributed by atoms with Gasteiger partial charge in [0.25, 0.3) is 0 Å². The van der Waals surface area contributed by atoms with Gasteiger partial charge < -0.3 is 9.64 Å². The van der Waals surface area contributed by atoms with E-state index in [1.54, 1.807) is 0 Å². The molecule has 128 valence electrons. The summed E-state index contributed by atoms with van der Waals surface area (Å²) < 4.78 is 20.3. The van der Waals surface area contributed by atoms with E-state index in [2.05, 4.69) is 14.9 Å². The zero-order chi connectivity index (χ0) is 16.7. The maximum absolute atomic E-state index is 14.6. The minimum Gasteiger partial charge on any atom is -0.380 e. The van der Waals surface area contributed by atoms with Crippen LogP contribution < -0.4 is 4.90 Å². The van der Waals surface area contributed by atoms with Crippen LogP contribution in [-0.2, 0) is 11.2 Å². The lowest BCUT2D eigenvalue weighted by Crippen LogP contribution is -2.36. The Morgan fingerprint density at radius 1 is 1.29 bits per heavy atom. The Morgan fingerprint density at radius 3 is 3.00 bits per heavy atom. The number of ether oxygens (including phenoxy) is 1. The predicted octanol–water partition coefficient (Wildman–Crippen LogP) is 3.47. The van der Waals surface area contributed by atoms with Gasteiger partial charge in [0.2, 0.25) is 0 Å². The number of aryl methyl sites for hydroxylation is 1. The van der Waals surface area contributed by atoms with Crippen molar-refractivity contribution < 1.29 is 9.13 Å². The Bertz CT molecular complexity index is 790. The average molecular weight is 369 g/mol. The normalized spacial score (nSPS) is 20.6. The summed E-state index contributed by atoms with van der Waals surface area (Å²) in [4.78, 5) is 15.7. The van der Waals surface area contributed by atoms with Crippen LogP contribution in [0.1, 0.15) is 25.5 Å². The largest absolute Gasteiger partial charge is 0.380 e. The van der Waals surface area contributed by atoms with Crippen LogP contribution in [0.5, 0.6) is 0 Å². The van der Waals surface area contributed by atoms with Gasteiger partial charge in [-0.25, -0.2) is 19.3 Å². The van der Waals surface area contributed by atoms with Crippen LogP contribution in [0.3, 0.4) is 0 Å². The second-order valence-electron chi connectivity index (χ2n) is 5.94. The summed E-state index contributed by atoms with van der Waals surface area (Å²) in [6.45, 7) is 4.17. The van der Waals surface area contributed by atoms with Gasteiger partial charge in [-0.1, -0.05) is 30.3 Å². The van der Waals surface area contributed by atoms with Gasteiger partial charge in [-0.05, 0) is 25.0 Å². The molecule has 1 saturated heterocycles. The first-order chi connectivity index (χ1) is 11.7. The van der Waals surface area contributed by atoms with Gasteiger partial charge in [-0.3, -0.25) is 0 Å². The van der Waals surface area contributed by atoms with Gasteiger partial charge in [0.1, 0.15) is 11.3 Å². The molecule has 0 N–H and O–H groups in total. The van der Waals surface area contributed by atoms with Gasteiger partial charge in [0, 0.05) is 19.2 Å². The molecular formula is C16H18ClFN4OS. The predicted molar refractivity (Wildman–Crippen MR) is 93.6 cm³/mol. The summed E-state index contributed by atoms with van der Waals surface area (Å²) in [6.07, 6.45) is 2.61. The number of aromatic nitrogens is 3. The van der Waals surface area contributed by atoms with Crippen molar-refractivity contribution in [1.29, 1.82) is 0 Å². The molecule has 4 rings (SSSR count). The highest BCUT2D eigenvalue weighted by atomic mass is 35.5. The van der Waals surface area contributed by atoms with Crippen molar-refractivity contribution >= 4 is 40.1 Å². The molecule has 2 aliphatic rings. The quantitative estimate of drug-likeness (QED) is 0.459. The lowest BCUT2D eigenvalue weighted by molar-refractivity contribution is 0.150. The monoisotopic (exact) mass is 368 g/mol. The summed E-state index contributed by atoms with van der Waals surface area (Å²) in [5.74, 6) is 1.05. The van der Waals surface area contributed by atoms with Crippen molar-refractivity contribution in [2.24, 2.45) is 0 Å². The zero-order valence-corrected chi connectivity index (χ0v) is 15.0. The molecule has 2 aromatic rings. The molecule has 0 aliphatic carbocycles. The van der Waals surface area contributed by atoms with E-state index in [-0.39, 0.29) is 10.7 Å². The van der Waals surface area contributed by atoms with E-state index in [1.807, 2.05) is 6.92 Å². The maximum Gasteiger partial charge on any atom is 0.190 e. The molecule has 2 aromatic heterocycles. The molecule has 0 radical (unpaired) electrons. The molecule has 1 atom stereocenters. The third-order valence-corrected chi connectivity index (χ3v) is 5.53. The third-order valence-electron chi connectivity index (χ3n) is 4.55. The van der Waals surface area contributed by atoms with Crippen LogP contribution in [0.15, 0.2) is 5.16 Å². The highest BCUT2D eigenvalue weighted by Gasteiger charge is 2.31. The van der Waals surface area contributed by atoms with E-state index in [9.17, 15) is 4.39 Å². The fraction of sp³-hybridized carbons (Fsp3) is 0.562. The SMILES string of the molecule is CCSc1nc2c3c(nc(Cl)c(F)c3n1)CCC1CCOCCN21. The highest BCUT2D eigenvalue weighted by molar-refractivity contribution is 7.99. The Morgan fingerprint density at radius 2 is 2.17 bits per heavy atom. The number of fused-ring (bicyclic) bond motifs is 2. The van der Waals surface area contributed by atoms with E-state index in [0.717, 1.165) is 49.7 Å². The molecule has 8 heteroatoms. The second kappa shape index (κ2) is 6.61. The second-order valence-corrected chi connectivity index (χ2v) is 7.53. The van der Waals surface area contributed by atoms with Gasteiger partial charge in [0.15, 0.2) is 16.1 Å². The van der Waals surface area contributed by atoms with E-state index < -0.39 is 5.82 Å². The Balaban J connectivity index is 1.99. The molecule has 0 amide bonds. The van der Waals surface area contributed by atoms with Crippen LogP contribution in [0.4, 0.5) is 10.2 Å². The number of halogens is 2. The first kappa shape index (κ1) is 16.3. The molecule has 2 aliphatic heterocycles. The third kappa shape index (κ3) is 2.72. The van der Waals surface area contributed by atoms with Crippen molar-refractivity contribution in [1.82, 2.24) is 15.0 Å². The van der Waals surface area contributed by atoms with Crippen molar-refractivity contribution in [2.45, 2.75) is 37.4 Å². The van der Waals surface area contributed by atoms with E-state index in [1.165, 1.54) is 11.8 Å². The molecule has 0 spiro atoms. The standard InChI is InChI=1S/C16H18ClFN4OS/c1-2-24-16-20-13-11-10(19-14(17)12(13)18)4-3-9-5-7-23-8-6-22(9)15(11)21-16/h9H,2-8H2,1H3. The highest BCUT2D eigenvalue weighted by Crippen LogP contribution is 2.37. The molecule has 4 heterocycles. The minimum atomic E-state index is -0.554. The zero-order valence-electron chi connectivity index (χ0n) is 13.4. The Kier molecular flexibility index (Phi) is 4.49. The van der Waals surface area contributed by atoms with Crippen molar-refractivity contribution in [2.75, 3.05) is 30.4 Å². The van der Waals surface area contributed by atoms with E-state index >= 15 is 0 Å². The molecule has 1 fully saturated rings. The van der Waals surface area contributed by atoms with Crippen molar-refractivity contribution in [3.8, 4) is 0 Å². The number of hydrogen-bond donors (Lipinski definition) is 0. The number of nitrogens with zero attached hydrogens (tertiary/aromatic N) is 4. The summed E-state index contributed by atoms with van der Waals surface area (Å²) in [5.41, 5.74) is 1.09. The summed E-state index contributed by atoms with van der Waals surface area (Å²) >= 11 is 7.53. The average Bonchev–Trinajstić information content (AvgIpc) is 2.88. The van der Waals surface area contributed by atoms with Gasteiger partial charge in [-0.2, -0.15) is 0 Å².